The highest BCUT2D eigenvalue weighted by atomic mass is 28.4. The van der Waals surface area contributed by atoms with Gasteiger partial charge in [-0.2, -0.15) is 0 Å². The summed E-state index contributed by atoms with van der Waals surface area (Å²) in [5.74, 6) is 0. The lowest BCUT2D eigenvalue weighted by Gasteiger charge is -2.36. The highest BCUT2D eigenvalue weighted by Crippen LogP contribution is 2.36. The van der Waals surface area contributed by atoms with Crippen LogP contribution in [0.3, 0.4) is 0 Å². The van der Waals surface area contributed by atoms with Gasteiger partial charge in [-0.1, -0.05) is 20.8 Å². The van der Waals surface area contributed by atoms with E-state index < -0.39 is 8.32 Å². The maximum absolute atomic E-state index is 6.09. The average molecular weight is 231 g/mol. The monoisotopic (exact) mass is 231 g/mol. The van der Waals surface area contributed by atoms with Crippen molar-refractivity contribution in [3.63, 3.8) is 0 Å². The molecule has 0 aliphatic carbocycles. The van der Waals surface area contributed by atoms with Gasteiger partial charge in [0.05, 0.1) is 0 Å². The Hall–Kier alpha value is 0.137. The molecule has 3 heteroatoms. The molecule has 92 valence electrons. The lowest BCUT2D eigenvalue weighted by molar-refractivity contribution is 0.278. The summed E-state index contributed by atoms with van der Waals surface area (Å²) in [5, 5.41) is 3.51. The number of rotatable bonds is 7. The largest absolute Gasteiger partial charge is 0.417 e. The molecule has 0 aliphatic rings. The van der Waals surface area contributed by atoms with Crippen LogP contribution in [0.4, 0.5) is 0 Å². The molecule has 1 N–H and O–H groups in total. The number of nitrogens with one attached hydrogen (secondary N) is 1. The van der Waals surface area contributed by atoms with Gasteiger partial charge in [-0.3, -0.25) is 0 Å². The van der Waals surface area contributed by atoms with E-state index in [4.69, 9.17) is 4.43 Å². The number of unbranched alkanes of at least 4 members (excludes halogenated alkanes) is 2. The van der Waals surface area contributed by atoms with Crippen LogP contribution in [0.5, 0.6) is 0 Å². The Labute approximate surface area is 96.9 Å². The fourth-order valence-electron chi connectivity index (χ4n) is 1.12. The van der Waals surface area contributed by atoms with Gasteiger partial charge in [0.25, 0.3) is 0 Å². The third-order valence-corrected chi connectivity index (χ3v) is 7.88. The lowest BCUT2D eigenvalue weighted by atomic mass is 10.2. The summed E-state index contributed by atoms with van der Waals surface area (Å²) in [7, 11) is 0.517. The molecule has 0 aromatic heterocycles. The van der Waals surface area contributed by atoms with Crippen LogP contribution in [-0.4, -0.2) is 28.5 Å². The second-order valence-corrected chi connectivity index (χ2v) is 10.6. The number of hydrogen-bond donors (Lipinski definition) is 1. The molecular weight excluding hydrogens is 202 g/mol. The van der Waals surface area contributed by atoms with E-state index in [-0.39, 0.29) is 0 Å². The standard InChI is InChI=1S/C12H29NOSi/c1-12(2,3)15(5,6)14-11-9-7-8-10-13-4/h13H,7-11H2,1-6H3. The zero-order valence-corrected chi connectivity index (χ0v) is 12.4. The van der Waals surface area contributed by atoms with Gasteiger partial charge in [0, 0.05) is 6.61 Å². The molecule has 0 aliphatic heterocycles. The van der Waals surface area contributed by atoms with E-state index in [9.17, 15) is 0 Å². The zero-order valence-electron chi connectivity index (χ0n) is 11.4. The van der Waals surface area contributed by atoms with E-state index in [2.05, 4.69) is 39.2 Å². The molecule has 0 saturated heterocycles. The van der Waals surface area contributed by atoms with Gasteiger partial charge < -0.3 is 9.74 Å². The summed E-state index contributed by atoms with van der Waals surface area (Å²) < 4.78 is 6.09. The van der Waals surface area contributed by atoms with Gasteiger partial charge in [-0.15, -0.1) is 0 Å². The van der Waals surface area contributed by atoms with Crippen LogP contribution in [0.15, 0.2) is 0 Å². The molecule has 0 amide bonds. The second kappa shape index (κ2) is 6.66. The predicted octanol–water partition coefficient (Wildman–Crippen LogP) is 3.40. The molecule has 0 saturated carbocycles. The van der Waals surface area contributed by atoms with E-state index in [0.29, 0.717) is 5.04 Å². The van der Waals surface area contributed by atoms with E-state index in [1.165, 1.54) is 19.3 Å². The minimum Gasteiger partial charge on any atom is -0.417 e. The van der Waals surface area contributed by atoms with Crippen molar-refractivity contribution in [1.82, 2.24) is 5.32 Å². The average Bonchev–Trinajstić information content (AvgIpc) is 2.09. The second-order valence-electron chi connectivity index (χ2n) is 5.77. The Morgan fingerprint density at radius 2 is 1.67 bits per heavy atom. The van der Waals surface area contributed by atoms with Crippen LogP contribution in [0.25, 0.3) is 0 Å². The molecule has 0 spiro atoms. The quantitative estimate of drug-likeness (QED) is 0.535. The molecule has 0 aromatic carbocycles. The van der Waals surface area contributed by atoms with Crippen LogP contribution in [0.1, 0.15) is 40.0 Å². The molecule has 0 unspecified atom stereocenters. The van der Waals surface area contributed by atoms with Crippen LogP contribution >= 0.6 is 0 Å². The minimum atomic E-state index is -1.49. The summed E-state index contributed by atoms with van der Waals surface area (Å²) in [4.78, 5) is 0. The zero-order chi connectivity index (χ0) is 11.9. The molecule has 0 fully saturated rings. The van der Waals surface area contributed by atoms with Crippen molar-refractivity contribution >= 4 is 8.32 Å². The molecule has 0 bridgehead atoms. The first-order valence-electron chi connectivity index (χ1n) is 6.10. The van der Waals surface area contributed by atoms with Crippen molar-refractivity contribution in [2.75, 3.05) is 20.2 Å². The predicted molar refractivity (Wildman–Crippen MR) is 70.9 cm³/mol. The van der Waals surface area contributed by atoms with Crippen molar-refractivity contribution in [1.29, 1.82) is 0 Å². The molecule has 0 atom stereocenters. The fourth-order valence-corrected chi connectivity index (χ4v) is 2.21. The van der Waals surface area contributed by atoms with E-state index in [1.807, 2.05) is 7.05 Å². The third-order valence-electron chi connectivity index (χ3n) is 3.34. The van der Waals surface area contributed by atoms with Crippen LogP contribution in [0, 0.1) is 0 Å². The summed E-state index contributed by atoms with van der Waals surface area (Å²) in [6.45, 7) is 13.6. The van der Waals surface area contributed by atoms with Crippen molar-refractivity contribution < 1.29 is 4.43 Å². The molecule has 0 rings (SSSR count). The molecule has 0 heterocycles. The first-order chi connectivity index (χ1) is 6.81. The Bertz CT molecular complexity index is 163. The van der Waals surface area contributed by atoms with E-state index in [0.717, 1.165) is 13.2 Å². The summed E-state index contributed by atoms with van der Waals surface area (Å²) in [6, 6.07) is 0. The topological polar surface area (TPSA) is 21.3 Å². The SMILES string of the molecule is CNCCCCCO[Si](C)(C)C(C)(C)C. The lowest BCUT2D eigenvalue weighted by Crippen LogP contribution is -2.40. The van der Waals surface area contributed by atoms with Crippen molar-refractivity contribution in [2.45, 2.75) is 58.2 Å². The van der Waals surface area contributed by atoms with Gasteiger partial charge in [0.1, 0.15) is 0 Å². The third kappa shape index (κ3) is 6.33. The van der Waals surface area contributed by atoms with Gasteiger partial charge in [-0.05, 0) is 51.0 Å². The molecule has 15 heavy (non-hydrogen) atoms. The van der Waals surface area contributed by atoms with Crippen molar-refractivity contribution in [3.05, 3.63) is 0 Å². The summed E-state index contributed by atoms with van der Waals surface area (Å²) >= 11 is 0. The minimum absolute atomic E-state index is 0.345. The van der Waals surface area contributed by atoms with Gasteiger partial charge >= 0.3 is 0 Å². The first-order valence-corrected chi connectivity index (χ1v) is 9.00. The molecule has 2 nitrogen and oxygen atoms in total. The number of hydrogen-bond acceptors (Lipinski definition) is 2. The normalized spacial score (nSPS) is 13.2. The smallest absolute Gasteiger partial charge is 0.191 e. The maximum Gasteiger partial charge on any atom is 0.191 e. The maximum atomic E-state index is 6.09. The summed E-state index contributed by atoms with van der Waals surface area (Å²) in [5.41, 5.74) is 0. The fraction of sp³-hybridized carbons (Fsp3) is 1.00. The van der Waals surface area contributed by atoms with E-state index >= 15 is 0 Å². The van der Waals surface area contributed by atoms with Crippen LogP contribution < -0.4 is 5.32 Å². The van der Waals surface area contributed by atoms with E-state index in [1.54, 1.807) is 0 Å². The van der Waals surface area contributed by atoms with Crippen molar-refractivity contribution in [3.8, 4) is 0 Å². The molecule has 0 radical (unpaired) electrons. The van der Waals surface area contributed by atoms with Crippen LogP contribution in [0.2, 0.25) is 18.1 Å². The first kappa shape index (κ1) is 15.1. The summed E-state index contributed by atoms with van der Waals surface area (Å²) in [6.07, 6.45) is 3.74. The Kier molecular flexibility index (Phi) is 6.72. The Morgan fingerprint density at radius 1 is 1.07 bits per heavy atom. The van der Waals surface area contributed by atoms with Gasteiger partial charge in [0.2, 0.25) is 0 Å². The molecular formula is C12H29NOSi. The Morgan fingerprint density at radius 3 is 2.13 bits per heavy atom. The van der Waals surface area contributed by atoms with Gasteiger partial charge in [-0.25, -0.2) is 0 Å². The highest BCUT2D eigenvalue weighted by Gasteiger charge is 2.36. The molecule has 0 aromatic rings. The van der Waals surface area contributed by atoms with Gasteiger partial charge in [0.15, 0.2) is 8.32 Å². The highest BCUT2D eigenvalue weighted by molar-refractivity contribution is 6.74. The van der Waals surface area contributed by atoms with Crippen molar-refractivity contribution in [2.24, 2.45) is 0 Å². The Balaban J connectivity index is 3.58. The van der Waals surface area contributed by atoms with Crippen LogP contribution in [-0.2, 0) is 4.43 Å².